The molecule has 2 rings (SSSR count). The van der Waals surface area contributed by atoms with Gasteiger partial charge in [0.05, 0.1) is 10.0 Å². The van der Waals surface area contributed by atoms with Gasteiger partial charge in [-0.05, 0) is 18.6 Å². The molecule has 0 radical (unpaired) electrons. The summed E-state index contributed by atoms with van der Waals surface area (Å²) in [7, 11) is 0. The fourth-order valence-electron chi connectivity index (χ4n) is 1.82. The smallest absolute Gasteiger partial charge is 0.222 e. The van der Waals surface area contributed by atoms with Crippen LogP contribution in [0.5, 0.6) is 0 Å². The Hall–Kier alpha value is -1.10. The van der Waals surface area contributed by atoms with Crippen LogP contribution in [0.2, 0.25) is 10.0 Å². The molecule has 1 aromatic carbocycles. The highest BCUT2D eigenvalue weighted by Gasteiger charge is 2.21. The lowest BCUT2D eigenvalue weighted by Crippen LogP contribution is -2.31. The van der Waals surface area contributed by atoms with Crippen molar-refractivity contribution in [2.75, 3.05) is 13.1 Å². The number of nitrogens with zero attached hydrogens (tertiary/aromatic N) is 1. The minimum Gasteiger partial charge on any atom is -0.341 e. The summed E-state index contributed by atoms with van der Waals surface area (Å²) in [5.74, 6) is 0.230. The molecule has 0 aliphatic carbocycles. The summed E-state index contributed by atoms with van der Waals surface area (Å²) in [6.45, 7) is 7.49. The Balaban J connectivity index is 0.000000360. The Kier molecular flexibility index (Phi) is 10.9. The molecule has 1 aliphatic rings. The van der Waals surface area contributed by atoms with E-state index >= 15 is 0 Å². The molecule has 1 fully saturated rings. The number of aldehydes is 1. The number of carbonyl (C=O) groups excluding carboxylic acids is 2. The molecular weight excluding hydrogens is 323 g/mol. The molecule has 1 saturated heterocycles. The fraction of sp³-hybridized carbons (Fsp3) is 0.500. The fourth-order valence-corrected chi connectivity index (χ4v) is 2.13. The number of carbonyl (C=O) groups is 2. The first-order chi connectivity index (χ1) is 10.5. The summed E-state index contributed by atoms with van der Waals surface area (Å²) in [4.78, 5) is 23.0. The van der Waals surface area contributed by atoms with E-state index in [9.17, 15) is 9.59 Å². The van der Waals surface area contributed by atoms with Gasteiger partial charge in [0, 0.05) is 31.1 Å². The molecule has 6 heteroatoms. The number of hydrogen-bond donors (Lipinski definition) is 1. The molecule has 1 amide bonds. The maximum absolute atomic E-state index is 11.0. The minimum atomic E-state index is 0.218. The van der Waals surface area contributed by atoms with E-state index in [2.05, 4.69) is 0 Å². The van der Waals surface area contributed by atoms with Gasteiger partial charge in [-0.25, -0.2) is 0 Å². The maximum Gasteiger partial charge on any atom is 0.222 e. The van der Waals surface area contributed by atoms with Crippen molar-refractivity contribution in [2.45, 2.75) is 39.7 Å². The second-order valence-corrected chi connectivity index (χ2v) is 5.35. The largest absolute Gasteiger partial charge is 0.341 e. The SMILES string of the molecule is CC.CCC(=O)N1CCC(N)C1.O=Cc1ccc(Cl)c(Cl)c1. The standard InChI is InChI=1S/C7H4Cl2O.C7H14N2O.C2H6/c8-6-2-1-5(4-10)3-7(6)9;1-2-7(10)9-4-3-6(8)5-9;1-2/h1-4H;6H,2-5,8H2,1H3;1-2H3. The predicted molar refractivity (Wildman–Crippen MR) is 92.7 cm³/mol. The molecule has 0 bridgehead atoms. The van der Waals surface area contributed by atoms with Crippen LogP contribution in [-0.2, 0) is 4.79 Å². The van der Waals surface area contributed by atoms with E-state index in [0.717, 1.165) is 25.8 Å². The lowest BCUT2D eigenvalue weighted by molar-refractivity contribution is -0.129. The molecule has 124 valence electrons. The zero-order valence-electron chi connectivity index (χ0n) is 13.3. The first kappa shape index (κ1) is 20.9. The van der Waals surface area contributed by atoms with E-state index in [4.69, 9.17) is 28.9 Å². The van der Waals surface area contributed by atoms with Crippen LogP contribution in [0, 0.1) is 0 Å². The highest BCUT2D eigenvalue weighted by Crippen LogP contribution is 2.21. The van der Waals surface area contributed by atoms with Gasteiger partial charge in [-0.2, -0.15) is 0 Å². The van der Waals surface area contributed by atoms with Crippen LogP contribution in [0.25, 0.3) is 0 Å². The Bertz CT molecular complexity index is 481. The van der Waals surface area contributed by atoms with Gasteiger partial charge in [-0.15, -0.1) is 0 Å². The summed E-state index contributed by atoms with van der Waals surface area (Å²) in [6, 6.07) is 4.95. The van der Waals surface area contributed by atoms with Gasteiger partial charge < -0.3 is 10.6 Å². The molecule has 0 spiro atoms. The average Bonchev–Trinajstić information content (AvgIpc) is 2.98. The van der Waals surface area contributed by atoms with Crippen LogP contribution < -0.4 is 5.73 Å². The molecule has 0 aromatic heterocycles. The number of rotatable bonds is 2. The quantitative estimate of drug-likeness (QED) is 0.828. The molecule has 4 nitrogen and oxygen atoms in total. The highest BCUT2D eigenvalue weighted by atomic mass is 35.5. The first-order valence-corrected chi connectivity index (χ1v) is 8.17. The third-order valence-corrected chi connectivity index (χ3v) is 3.70. The van der Waals surface area contributed by atoms with Crippen molar-refractivity contribution >= 4 is 35.4 Å². The molecule has 1 aliphatic heterocycles. The summed E-state index contributed by atoms with van der Waals surface area (Å²) in [5, 5.41) is 0.874. The second-order valence-electron chi connectivity index (χ2n) is 4.53. The lowest BCUT2D eigenvalue weighted by atomic mass is 10.2. The van der Waals surface area contributed by atoms with E-state index in [1.165, 1.54) is 6.07 Å². The monoisotopic (exact) mass is 346 g/mol. The van der Waals surface area contributed by atoms with E-state index in [1.54, 1.807) is 12.1 Å². The molecular formula is C16H24Cl2N2O2. The van der Waals surface area contributed by atoms with Gasteiger partial charge >= 0.3 is 0 Å². The van der Waals surface area contributed by atoms with Crippen LogP contribution in [0.15, 0.2) is 18.2 Å². The third kappa shape index (κ3) is 7.25. The van der Waals surface area contributed by atoms with E-state index < -0.39 is 0 Å². The van der Waals surface area contributed by atoms with Gasteiger partial charge in [0.2, 0.25) is 5.91 Å². The molecule has 1 aromatic rings. The van der Waals surface area contributed by atoms with Crippen molar-refractivity contribution < 1.29 is 9.59 Å². The number of benzene rings is 1. The molecule has 1 atom stereocenters. The molecule has 1 unspecified atom stereocenters. The van der Waals surface area contributed by atoms with Crippen molar-refractivity contribution in [3.05, 3.63) is 33.8 Å². The Morgan fingerprint density at radius 3 is 2.41 bits per heavy atom. The number of halogens is 2. The Morgan fingerprint density at radius 2 is 2.00 bits per heavy atom. The van der Waals surface area contributed by atoms with Gasteiger partial charge in [0.1, 0.15) is 6.29 Å². The number of likely N-dealkylation sites (tertiary alicyclic amines) is 1. The van der Waals surface area contributed by atoms with Gasteiger partial charge in [-0.1, -0.05) is 50.0 Å². The Morgan fingerprint density at radius 1 is 1.36 bits per heavy atom. The van der Waals surface area contributed by atoms with E-state index in [1.807, 2.05) is 25.7 Å². The van der Waals surface area contributed by atoms with E-state index in [-0.39, 0.29) is 11.9 Å². The van der Waals surface area contributed by atoms with Crippen LogP contribution in [0.3, 0.4) is 0 Å². The predicted octanol–water partition coefficient (Wildman–Crippen LogP) is 3.79. The topological polar surface area (TPSA) is 63.4 Å². The zero-order valence-corrected chi connectivity index (χ0v) is 14.8. The van der Waals surface area contributed by atoms with Crippen LogP contribution in [0.1, 0.15) is 44.0 Å². The summed E-state index contributed by atoms with van der Waals surface area (Å²) in [6.07, 6.45) is 2.29. The average molecular weight is 347 g/mol. The highest BCUT2D eigenvalue weighted by molar-refractivity contribution is 6.42. The van der Waals surface area contributed by atoms with Crippen LogP contribution >= 0.6 is 23.2 Å². The first-order valence-electron chi connectivity index (χ1n) is 7.41. The summed E-state index contributed by atoms with van der Waals surface area (Å²) >= 11 is 11.2. The summed E-state index contributed by atoms with van der Waals surface area (Å²) < 4.78 is 0. The number of nitrogens with two attached hydrogens (primary N) is 1. The summed E-state index contributed by atoms with van der Waals surface area (Å²) in [5.41, 5.74) is 6.16. The Labute approximate surface area is 142 Å². The van der Waals surface area contributed by atoms with Crippen LogP contribution in [0.4, 0.5) is 0 Å². The zero-order chi connectivity index (χ0) is 17.1. The normalized spacial score (nSPS) is 16.1. The minimum absolute atomic E-state index is 0.218. The molecule has 1 heterocycles. The third-order valence-electron chi connectivity index (χ3n) is 2.96. The van der Waals surface area contributed by atoms with Crippen molar-refractivity contribution in [3.63, 3.8) is 0 Å². The number of hydrogen-bond acceptors (Lipinski definition) is 3. The van der Waals surface area contributed by atoms with Crippen molar-refractivity contribution in [1.82, 2.24) is 4.90 Å². The molecule has 0 saturated carbocycles. The second kappa shape index (κ2) is 11.5. The maximum atomic E-state index is 11.0. The van der Waals surface area contributed by atoms with Gasteiger partial charge in [0.15, 0.2) is 0 Å². The van der Waals surface area contributed by atoms with Gasteiger partial charge in [-0.3, -0.25) is 9.59 Å². The van der Waals surface area contributed by atoms with Crippen molar-refractivity contribution in [1.29, 1.82) is 0 Å². The van der Waals surface area contributed by atoms with E-state index in [0.29, 0.717) is 22.0 Å². The van der Waals surface area contributed by atoms with Crippen LogP contribution in [-0.4, -0.2) is 36.2 Å². The lowest BCUT2D eigenvalue weighted by Gasteiger charge is -2.13. The van der Waals surface area contributed by atoms with Crippen molar-refractivity contribution in [3.8, 4) is 0 Å². The molecule has 22 heavy (non-hydrogen) atoms. The molecule has 2 N–H and O–H groups in total. The van der Waals surface area contributed by atoms with Crippen molar-refractivity contribution in [2.24, 2.45) is 5.73 Å². The number of amides is 1. The van der Waals surface area contributed by atoms with Gasteiger partial charge in [0.25, 0.3) is 0 Å².